The van der Waals surface area contributed by atoms with E-state index in [-0.39, 0.29) is 6.04 Å². The number of hydrogen-bond acceptors (Lipinski definition) is 4. The fourth-order valence-corrected chi connectivity index (χ4v) is 2.56. The van der Waals surface area contributed by atoms with Gasteiger partial charge in [0.25, 0.3) is 0 Å². The van der Waals surface area contributed by atoms with E-state index in [0.29, 0.717) is 0 Å². The van der Waals surface area contributed by atoms with E-state index in [0.717, 1.165) is 18.7 Å². The molecule has 1 heterocycles. The van der Waals surface area contributed by atoms with Gasteiger partial charge in [0.15, 0.2) is 0 Å². The quantitative estimate of drug-likeness (QED) is 0.868. The number of rotatable bonds is 6. The molecule has 0 bridgehead atoms. The van der Waals surface area contributed by atoms with Crippen LogP contribution in [-0.2, 0) is 6.42 Å². The van der Waals surface area contributed by atoms with Gasteiger partial charge in [-0.3, -0.25) is 0 Å². The zero-order valence-electron chi connectivity index (χ0n) is 10.9. The third-order valence-corrected chi connectivity index (χ3v) is 3.40. The van der Waals surface area contributed by atoms with Gasteiger partial charge in [0.1, 0.15) is 0 Å². The highest BCUT2D eigenvalue weighted by Gasteiger charge is 2.15. The molecule has 1 atom stereocenters. The van der Waals surface area contributed by atoms with Crippen LogP contribution in [0, 0.1) is 0 Å². The summed E-state index contributed by atoms with van der Waals surface area (Å²) in [6.45, 7) is 5.24. The molecule has 1 unspecified atom stereocenters. The molecule has 1 aromatic heterocycles. The lowest BCUT2D eigenvalue weighted by atomic mass is 10.00. The average molecular weight is 261 g/mol. The SMILES string of the molecule is CCCc1cccc(C(NCC)c2cnsn2)c1. The van der Waals surface area contributed by atoms with Crippen molar-refractivity contribution in [2.24, 2.45) is 0 Å². The molecule has 4 heteroatoms. The molecule has 0 fully saturated rings. The number of aromatic nitrogens is 2. The largest absolute Gasteiger partial charge is 0.305 e. The normalized spacial score (nSPS) is 12.6. The molecule has 2 rings (SSSR count). The fraction of sp³-hybridized carbons (Fsp3) is 0.429. The summed E-state index contributed by atoms with van der Waals surface area (Å²) in [6.07, 6.45) is 4.15. The molecule has 3 nitrogen and oxygen atoms in total. The molecule has 0 aliphatic heterocycles. The van der Waals surface area contributed by atoms with E-state index in [1.807, 2.05) is 6.20 Å². The highest BCUT2D eigenvalue weighted by atomic mass is 32.1. The maximum absolute atomic E-state index is 4.36. The lowest BCUT2D eigenvalue weighted by Gasteiger charge is -2.16. The number of nitrogens with one attached hydrogen (secondary N) is 1. The second kappa shape index (κ2) is 6.61. The van der Waals surface area contributed by atoms with Crippen LogP contribution in [-0.4, -0.2) is 15.3 Å². The van der Waals surface area contributed by atoms with E-state index in [4.69, 9.17) is 0 Å². The van der Waals surface area contributed by atoms with Crippen molar-refractivity contribution in [1.29, 1.82) is 0 Å². The van der Waals surface area contributed by atoms with Crippen LogP contribution in [0.15, 0.2) is 30.5 Å². The maximum atomic E-state index is 4.36. The van der Waals surface area contributed by atoms with Crippen LogP contribution in [0.2, 0.25) is 0 Å². The molecule has 0 amide bonds. The first-order valence-electron chi connectivity index (χ1n) is 6.44. The third kappa shape index (κ3) is 3.15. The highest BCUT2D eigenvalue weighted by Crippen LogP contribution is 2.22. The van der Waals surface area contributed by atoms with E-state index in [1.165, 1.54) is 29.3 Å². The first-order valence-corrected chi connectivity index (χ1v) is 7.17. The van der Waals surface area contributed by atoms with Gasteiger partial charge in [0.05, 0.1) is 29.7 Å². The predicted molar refractivity (Wildman–Crippen MR) is 75.9 cm³/mol. The number of hydrogen-bond donors (Lipinski definition) is 1. The molecular weight excluding hydrogens is 242 g/mol. The molecule has 0 saturated carbocycles. The Kier molecular flexibility index (Phi) is 4.84. The zero-order chi connectivity index (χ0) is 12.8. The summed E-state index contributed by atoms with van der Waals surface area (Å²) in [6, 6.07) is 8.91. The summed E-state index contributed by atoms with van der Waals surface area (Å²) in [5.41, 5.74) is 3.67. The minimum Gasteiger partial charge on any atom is -0.305 e. The number of benzene rings is 1. The van der Waals surface area contributed by atoms with Crippen molar-refractivity contribution in [2.45, 2.75) is 32.7 Å². The first-order chi connectivity index (χ1) is 8.85. The number of aryl methyl sites for hydroxylation is 1. The van der Waals surface area contributed by atoms with Crippen LogP contribution in [0.3, 0.4) is 0 Å². The zero-order valence-corrected chi connectivity index (χ0v) is 11.7. The maximum Gasteiger partial charge on any atom is 0.0957 e. The van der Waals surface area contributed by atoms with Gasteiger partial charge in [-0.1, -0.05) is 44.5 Å². The van der Waals surface area contributed by atoms with E-state index < -0.39 is 0 Å². The monoisotopic (exact) mass is 261 g/mol. The first kappa shape index (κ1) is 13.2. The van der Waals surface area contributed by atoms with Crippen LogP contribution in [0.1, 0.15) is 43.1 Å². The second-order valence-corrected chi connectivity index (χ2v) is 4.87. The van der Waals surface area contributed by atoms with Gasteiger partial charge in [-0.05, 0) is 24.1 Å². The Morgan fingerprint density at radius 3 is 2.89 bits per heavy atom. The molecule has 2 aromatic rings. The minimum atomic E-state index is 0.158. The Hall–Kier alpha value is -1.26. The summed E-state index contributed by atoms with van der Waals surface area (Å²) in [4.78, 5) is 0. The standard InChI is InChI=1S/C14H19N3S/c1-3-6-11-7-5-8-12(9-11)14(15-4-2)13-10-16-18-17-13/h5,7-10,14-15H,3-4,6H2,1-2H3. The smallest absolute Gasteiger partial charge is 0.0957 e. The van der Waals surface area contributed by atoms with Gasteiger partial charge in [0.2, 0.25) is 0 Å². The van der Waals surface area contributed by atoms with Gasteiger partial charge in [0, 0.05) is 0 Å². The second-order valence-electron chi connectivity index (χ2n) is 4.32. The molecule has 1 aromatic carbocycles. The summed E-state index contributed by atoms with van der Waals surface area (Å²) >= 11 is 1.26. The Morgan fingerprint density at radius 2 is 2.22 bits per heavy atom. The van der Waals surface area contributed by atoms with Crippen molar-refractivity contribution in [2.75, 3.05) is 6.54 Å². The van der Waals surface area contributed by atoms with Gasteiger partial charge in [-0.25, -0.2) is 0 Å². The van der Waals surface area contributed by atoms with Crippen molar-refractivity contribution in [3.63, 3.8) is 0 Å². The number of nitrogens with zero attached hydrogens (tertiary/aromatic N) is 2. The molecule has 0 aliphatic rings. The molecule has 0 saturated heterocycles. The Bertz CT molecular complexity index is 468. The molecular formula is C14H19N3S. The molecule has 1 N–H and O–H groups in total. The summed E-state index contributed by atoms with van der Waals surface area (Å²) < 4.78 is 8.46. The Balaban J connectivity index is 2.27. The molecule has 0 radical (unpaired) electrons. The van der Waals surface area contributed by atoms with Gasteiger partial charge in [-0.2, -0.15) is 8.75 Å². The molecule has 0 aliphatic carbocycles. The van der Waals surface area contributed by atoms with Crippen molar-refractivity contribution >= 4 is 11.7 Å². The van der Waals surface area contributed by atoms with Gasteiger partial charge < -0.3 is 5.32 Å². The van der Waals surface area contributed by atoms with E-state index in [2.05, 4.69) is 52.2 Å². The van der Waals surface area contributed by atoms with Crippen molar-refractivity contribution < 1.29 is 0 Å². The average Bonchev–Trinajstić information content (AvgIpc) is 2.90. The predicted octanol–water partition coefficient (Wildman–Crippen LogP) is 3.19. The van der Waals surface area contributed by atoms with E-state index in [9.17, 15) is 0 Å². The van der Waals surface area contributed by atoms with E-state index in [1.54, 1.807) is 0 Å². The highest BCUT2D eigenvalue weighted by molar-refractivity contribution is 6.99. The van der Waals surface area contributed by atoms with Crippen molar-refractivity contribution in [3.8, 4) is 0 Å². The Morgan fingerprint density at radius 1 is 1.33 bits per heavy atom. The van der Waals surface area contributed by atoms with E-state index >= 15 is 0 Å². The van der Waals surface area contributed by atoms with Crippen molar-refractivity contribution in [3.05, 3.63) is 47.3 Å². The van der Waals surface area contributed by atoms with Crippen LogP contribution >= 0.6 is 11.7 Å². The summed E-state index contributed by atoms with van der Waals surface area (Å²) in [5.74, 6) is 0. The molecule has 96 valence electrons. The Labute approximate surface area is 113 Å². The molecule has 18 heavy (non-hydrogen) atoms. The topological polar surface area (TPSA) is 37.8 Å². The van der Waals surface area contributed by atoms with Gasteiger partial charge in [-0.15, -0.1) is 0 Å². The lowest BCUT2D eigenvalue weighted by molar-refractivity contribution is 0.619. The minimum absolute atomic E-state index is 0.158. The van der Waals surface area contributed by atoms with Crippen molar-refractivity contribution in [1.82, 2.24) is 14.1 Å². The van der Waals surface area contributed by atoms with Crippen LogP contribution in [0.25, 0.3) is 0 Å². The summed E-state index contributed by atoms with van der Waals surface area (Å²) in [7, 11) is 0. The van der Waals surface area contributed by atoms with Crippen LogP contribution < -0.4 is 5.32 Å². The van der Waals surface area contributed by atoms with Crippen LogP contribution in [0.5, 0.6) is 0 Å². The van der Waals surface area contributed by atoms with Crippen LogP contribution in [0.4, 0.5) is 0 Å². The third-order valence-electron chi connectivity index (χ3n) is 2.91. The molecule has 0 spiro atoms. The summed E-state index contributed by atoms with van der Waals surface area (Å²) in [5, 5.41) is 3.47. The van der Waals surface area contributed by atoms with Gasteiger partial charge >= 0.3 is 0 Å². The fourth-order valence-electron chi connectivity index (χ4n) is 2.11. The lowest BCUT2D eigenvalue weighted by Crippen LogP contribution is -2.22.